The first-order valence-electron chi connectivity index (χ1n) is 7.10. The van der Waals surface area contributed by atoms with Gasteiger partial charge in [-0.05, 0) is 31.2 Å². The number of anilines is 2. The van der Waals surface area contributed by atoms with E-state index < -0.39 is 0 Å². The fourth-order valence-corrected chi connectivity index (χ4v) is 3.36. The first-order chi connectivity index (χ1) is 10.1. The fourth-order valence-electron chi connectivity index (χ4n) is 2.44. The second-order valence-electron chi connectivity index (χ2n) is 5.28. The van der Waals surface area contributed by atoms with Gasteiger partial charge in [0, 0.05) is 49.0 Å². The Morgan fingerprint density at radius 1 is 1.14 bits per heavy atom. The highest BCUT2D eigenvalue weighted by Gasteiger charge is 2.20. The number of aromatic nitrogens is 1. The van der Waals surface area contributed by atoms with Gasteiger partial charge >= 0.3 is 0 Å². The molecule has 1 atom stereocenters. The molecule has 1 aliphatic rings. The summed E-state index contributed by atoms with van der Waals surface area (Å²) in [6, 6.07) is 6.73. The summed E-state index contributed by atoms with van der Waals surface area (Å²) in [5.74, 6) is -0.191. The molecule has 1 aliphatic heterocycles. The molecular weight excluding hydrogens is 287 g/mol. The van der Waals surface area contributed by atoms with Gasteiger partial charge in [0.15, 0.2) is 5.13 Å². The van der Waals surface area contributed by atoms with Crippen LogP contribution < -0.4 is 15.5 Å². The Kier molecular flexibility index (Phi) is 4.07. The second kappa shape index (κ2) is 5.99. The second-order valence-corrected chi connectivity index (χ2v) is 6.33. The third-order valence-electron chi connectivity index (χ3n) is 3.70. The number of hydrogen-bond donors (Lipinski definition) is 1. The van der Waals surface area contributed by atoms with Gasteiger partial charge in [-0.15, -0.1) is 11.3 Å². The Hall–Kier alpha value is -1.66. The minimum atomic E-state index is -0.191. The zero-order valence-electron chi connectivity index (χ0n) is 12.0. The van der Waals surface area contributed by atoms with Crippen LogP contribution >= 0.6 is 11.3 Å². The molecule has 2 N–H and O–H groups in total. The summed E-state index contributed by atoms with van der Waals surface area (Å²) in [6.07, 6.45) is 1.87. The molecule has 1 unspecified atom stereocenters. The van der Waals surface area contributed by atoms with Gasteiger partial charge in [0.05, 0.1) is 0 Å². The van der Waals surface area contributed by atoms with Crippen molar-refractivity contribution in [1.29, 1.82) is 0 Å². The van der Waals surface area contributed by atoms with Crippen molar-refractivity contribution in [3.8, 4) is 0 Å². The number of nitrogens with zero attached hydrogens (tertiary/aromatic N) is 3. The third-order valence-corrected chi connectivity index (χ3v) is 4.96. The molecule has 3 rings (SSSR count). The minimum absolute atomic E-state index is 0.0387. The summed E-state index contributed by atoms with van der Waals surface area (Å²) in [4.78, 5) is 10.1. The van der Waals surface area contributed by atoms with Crippen LogP contribution in [0.15, 0.2) is 30.5 Å². The van der Waals surface area contributed by atoms with Crippen LogP contribution in [0.2, 0.25) is 0 Å². The molecule has 2 aromatic rings. The van der Waals surface area contributed by atoms with Crippen molar-refractivity contribution < 1.29 is 4.39 Å². The van der Waals surface area contributed by atoms with E-state index in [0.717, 1.165) is 41.9 Å². The van der Waals surface area contributed by atoms with Gasteiger partial charge in [-0.25, -0.2) is 9.37 Å². The maximum atomic E-state index is 13.0. The maximum absolute atomic E-state index is 13.0. The molecule has 1 aromatic carbocycles. The lowest BCUT2D eigenvalue weighted by atomic mass is 10.2. The Balaban J connectivity index is 1.63. The molecule has 6 heteroatoms. The molecule has 112 valence electrons. The van der Waals surface area contributed by atoms with E-state index in [0.29, 0.717) is 0 Å². The molecular formula is C15H19FN4S. The topological polar surface area (TPSA) is 45.4 Å². The largest absolute Gasteiger partial charge is 0.368 e. The number of thiazole rings is 1. The van der Waals surface area contributed by atoms with Gasteiger partial charge in [0.2, 0.25) is 0 Å². The molecule has 1 saturated heterocycles. The Morgan fingerprint density at radius 3 is 2.33 bits per heavy atom. The van der Waals surface area contributed by atoms with Gasteiger partial charge < -0.3 is 15.5 Å². The summed E-state index contributed by atoms with van der Waals surface area (Å²) in [6.45, 7) is 5.65. The lowest BCUT2D eigenvalue weighted by Gasteiger charge is -2.36. The highest BCUT2D eigenvalue weighted by atomic mass is 32.1. The van der Waals surface area contributed by atoms with E-state index in [2.05, 4.69) is 14.8 Å². The standard InChI is InChI=1S/C15H19FN4S/c1-11(17)14-10-18-15(21-14)20-8-6-19(7-9-20)13-4-2-12(16)3-5-13/h2-5,10-11H,6-9,17H2,1H3. The molecule has 0 radical (unpaired) electrons. The average molecular weight is 306 g/mol. The van der Waals surface area contributed by atoms with Crippen LogP contribution in [0.3, 0.4) is 0 Å². The first-order valence-corrected chi connectivity index (χ1v) is 7.92. The number of piperazine rings is 1. The van der Waals surface area contributed by atoms with E-state index in [1.165, 1.54) is 12.1 Å². The van der Waals surface area contributed by atoms with E-state index in [1.54, 1.807) is 11.3 Å². The van der Waals surface area contributed by atoms with Crippen molar-refractivity contribution in [2.45, 2.75) is 13.0 Å². The van der Waals surface area contributed by atoms with E-state index in [4.69, 9.17) is 5.73 Å². The van der Waals surface area contributed by atoms with E-state index in [9.17, 15) is 4.39 Å². The van der Waals surface area contributed by atoms with Gasteiger partial charge in [0.1, 0.15) is 5.82 Å². The Morgan fingerprint density at radius 2 is 1.76 bits per heavy atom. The molecule has 4 nitrogen and oxygen atoms in total. The van der Waals surface area contributed by atoms with Crippen LogP contribution in [0.5, 0.6) is 0 Å². The van der Waals surface area contributed by atoms with Gasteiger partial charge in [-0.1, -0.05) is 0 Å². The molecule has 2 heterocycles. The van der Waals surface area contributed by atoms with Crippen molar-refractivity contribution in [1.82, 2.24) is 4.98 Å². The summed E-state index contributed by atoms with van der Waals surface area (Å²) in [5.41, 5.74) is 6.96. The molecule has 0 spiro atoms. The summed E-state index contributed by atoms with van der Waals surface area (Å²) < 4.78 is 13.0. The van der Waals surface area contributed by atoms with Crippen LogP contribution in [0.1, 0.15) is 17.8 Å². The molecule has 21 heavy (non-hydrogen) atoms. The SMILES string of the molecule is CC(N)c1cnc(N2CCN(c3ccc(F)cc3)CC2)s1. The van der Waals surface area contributed by atoms with Gasteiger partial charge in [0.25, 0.3) is 0 Å². The van der Waals surface area contributed by atoms with Gasteiger partial charge in [-0.2, -0.15) is 0 Å². The van der Waals surface area contributed by atoms with Crippen LogP contribution in [-0.2, 0) is 0 Å². The van der Waals surface area contributed by atoms with Crippen LogP contribution in [0, 0.1) is 5.82 Å². The number of benzene rings is 1. The van der Waals surface area contributed by atoms with Crippen molar-refractivity contribution in [3.63, 3.8) is 0 Å². The Bertz CT molecular complexity index is 588. The zero-order valence-corrected chi connectivity index (χ0v) is 12.8. The summed E-state index contributed by atoms with van der Waals surface area (Å²) in [5, 5.41) is 1.04. The van der Waals surface area contributed by atoms with Crippen molar-refractivity contribution in [2.75, 3.05) is 36.0 Å². The molecule has 0 aliphatic carbocycles. The molecule has 0 amide bonds. The normalized spacial score (nSPS) is 17.1. The highest BCUT2D eigenvalue weighted by molar-refractivity contribution is 7.15. The first kappa shape index (κ1) is 14.3. The minimum Gasteiger partial charge on any atom is -0.368 e. The zero-order chi connectivity index (χ0) is 14.8. The molecule has 0 saturated carbocycles. The molecule has 1 fully saturated rings. The van der Waals surface area contributed by atoms with Crippen LogP contribution in [0.25, 0.3) is 0 Å². The number of nitrogens with two attached hydrogens (primary N) is 1. The lowest BCUT2D eigenvalue weighted by Crippen LogP contribution is -2.46. The fraction of sp³-hybridized carbons (Fsp3) is 0.400. The average Bonchev–Trinajstić information content (AvgIpc) is 2.98. The monoisotopic (exact) mass is 306 g/mol. The summed E-state index contributed by atoms with van der Waals surface area (Å²) >= 11 is 1.67. The van der Waals surface area contributed by atoms with E-state index in [1.807, 2.05) is 25.3 Å². The number of hydrogen-bond acceptors (Lipinski definition) is 5. The molecule has 0 bridgehead atoms. The molecule has 1 aromatic heterocycles. The quantitative estimate of drug-likeness (QED) is 0.947. The lowest BCUT2D eigenvalue weighted by molar-refractivity contribution is 0.624. The highest BCUT2D eigenvalue weighted by Crippen LogP contribution is 2.27. The van der Waals surface area contributed by atoms with Gasteiger partial charge in [-0.3, -0.25) is 0 Å². The van der Waals surface area contributed by atoms with Crippen molar-refractivity contribution in [2.24, 2.45) is 5.73 Å². The summed E-state index contributed by atoms with van der Waals surface area (Å²) in [7, 11) is 0. The number of rotatable bonds is 3. The third kappa shape index (κ3) is 3.16. The van der Waals surface area contributed by atoms with E-state index in [-0.39, 0.29) is 11.9 Å². The smallest absolute Gasteiger partial charge is 0.185 e. The maximum Gasteiger partial charge on any atom is 0.185 e. The van der Waals surface area contributed by atoms with Crippen molar-refractivity contribution in [3.05, 3.63) is 41.2 Å². The predicted molar refractivity (Wildman–Crippen MR) is 85.5 cm³/mol. The van der Waals surface area contributed by atoms with Crippen LogP contribution in [-0.4, -0.2) is 31.2 Å². The Labute approximate surface area is 128 Å². The van der Waals surface area contributed by atoms with E-state index >= 15 is 0 Å². The number of halogens is 1. The predicted octanol–water partition coefficient (Wildman–Crippen LogP) is 2.63. The van der Waals surface area contributed by atoms with Crippen LogP contribution in [0.4, 0.5) is 15.2 Å². The van der Waals surface area contributed by atoms with Crippen molar-refractivity contribution >= 4 is 22.2 Å².